The van der Waals surface area contributed by atoms with Crippen molar-refractivity contribution in [3.8, 4) is 5.75 Å². The molecule has 1 aromatic heterocycles. The Morgan fingerprint density at radius 1 is 1.13 bits per heavy atom. The first-order valence-corrected chi connectivity index (χ1v) is 14.0. The highest BCUT2D eigenvalue weighted by Crippen LogP contribution is 2.43. The maximum atomic E-state index is 10.7. The summed E-state index contributed by atoms with van der Waals surface area (Å²) in [5.41, 5.74) is 5.70. The zero-order chi connectivity index (χ0) is 27.1. The molecule has 1 N–H and O–H groups in total. The molecule has 0 bridgehead atoms. The van der Waals surface area contributed by atoms with Gasteiger partial charge in [0.15, 0.2) is 0 Å². The van der Waals surface area contributed by atoms with Gasteiger partial charge in [0.1, 0.15) is 12.4 Å². The van der Waals surface area contributed by atoms with Crippen LogP contribution in [0.4, 0.5) is 0 Å². The molecule has 2 aliphatic rings. The summed E-state index contributed by atoms with van der Waals surface area (Å²) in [7, 11) is 0. The van der Waals surface area contributed by atoms with E-state index in [1.54, 1.807) is 0 Å². The van der Waals surface area contributed by atoms with Crippen LogP contribution in [0.15, 0.2) is 66.9 Å². The highest BCUT2D eigenvalue weighted by molar-refractivity contribution is 6.30. The highest BCUT2D eigenvalue weighted by Gasteiger charge is 2.39. The fourth-order valence-corrected chi connectivity index (χ4v) is 6.11. The lowest BCUT2D eigenvalue weighted by Crippen LogP contribution is -2.49. The van der Waals surface area contributed by atoms with Crippen molar-refractivity contribution in [2.24, 2.45) is 11.3 Å². The number of aliphatic hydroxyl groups is 1. The van der Waals surface area contributed by atoms with E-state index in [-0.39, 0.29) is 5.41 Å². The summed E-state index contributed by atoms with van der Waals surface area (Å²) in [4.78, 5) is 7.24. The number of nitrogens with zero attached hydrogens (tertiary/aromatic N) is 2. The van der Waals surface area contributed by atoms with Gasteiger partial charge in [-0.2, -0.15) is 0 Å². The summed E-state index contributed by atoms with van der Waals surface area (Å²) in [6.45, 7) is 14.3. The Hall–Kier alpha value is -2.66. The van der Waals surface area contributed by atoms with Gasteiger partial charge in [0.2, 0.25) is 0 Å². The van der Waals surface area contributed by atoms with Crippen molar-refractivity contribution in [2.45, 2.75) is 59.2 Å². The van der Waals surface area contributed by atoms with Crippen LogP contribution in [0.2, 0.25) is 5.02 Å². The van der Waals surface area contributed by atoms with Gasteiger partial charge in [0.25, 0.3) is 0 Å². The van der Waals surface area contributed by atoms with Gasteiger partial charge in [0.05, 0.1) is 11.3 Å². The van der Waals surface area contributed by atoms with Gasteiger partial charge in [-0.05, 0) is 84.6 Å². The number of hydrogen-bond acceptors (Lipinski definition) is 4. The number of pyridine rings is 1. The molecular weight excluding hydrogens is 492 g/mol. The molecule has 3 aromatic rings. The normalized spacial score (nSPS) is 22.3. The lowest BCUT2D eigenvalue weighted by Gasteiger charge is -2.48. The van der Waals surface area contributed by atoms with Crippen LogP contribution in [0.25, 0.3) is 5.57 Å². The second-order valence-electron chi connectivity index (χ2n) is 12.1. The minimum absolute atomic E-state index is 0.205. The van der Waals surface area contributed by atoms with Crippen LogP contribution < -0.4 is 4.74 Å². The third-order valence-corrected chi connectivity index (χ3v) is 8.79. The maximum Gasteiger partial charge on any atom is 0.131 e. The fourth-order valence-electron chi connectivity index (χ4n) is 5.99. The molecule has 5 heteroatoms. The maximum absolute atomic E-state index is 10.7. The zero-order valence-electron chi connectivity index (χ0n) is 23.2. The lowest BCUT2D eigenvalue weighted by molar-refractivity contribution is 0.0461. The number of piperidine rings is 1. The highest BCUT2D eigenvalue weighted by atomic mass is 35.5. The van der Waals surface area contributed by atoms with Gasteiger partial charge < -0.3 is 14.7 Å². The number of hydrogen-bond donors (Lipinski definition) is 1. The summed E-state index contributed by atoms with van der Waals surface area (Å²) in [6.07, 6.45) is 5.07. The van der Waals surface area contributed by atoms with Gasteiger partial charge >= 0.3 is 0 Å². The van der Waals surface area contributed by atoms with E-state index in [1.807, 2.05) is 50.4 Å². The first kappa shape index (κ1) is 26.9. The number of aromatic nitrogens is 1. The van der Waals surface area contributed by atoms with E-state index in [0.29, 0.717) is 18.4 Å². The van der Waals surface area contributed by atoms with Crippen LogP contribution >= 0.6 is 11.6 Å². The standard InChI is InChI=1S/C33H39ClN2O2/c1-22-29(23-10-13-25(34)14-11-23)19-36(21-32(22,2)3)17-7-9-26-27-8-6-16-35-30(27)20-38-31-15-12-24(18-28(26)31)33(4,5)37/h6,8-16,18,22,29,37H,7,17,19-21H2,1-5H3/b26-9-/t22-,29+/m1/s1. The monoisotopic (exact) mass is 530 g/mol. The van der Waals surface area contributed by atoms with Crippen LogP contribution in [-0.2, 0) is 12.2 Å². The first-order chi connectivity index (χ1) is 18.0. The second-order valence-corrected chi connectivity index (χ2v) is 12.6. The van der Waals surface area contributed by atoms with E-state index in [0.717, 1.165) is 64.8 Å². The van der Waals surface area contributed by atoms with E-state index in [1.165, 1.54) is 5.56 Å². The minimum Gasteiger partial charge on any atom is -0.487 e. The van der Waals surface area contributed by atoms with Crippen molar-refractivity contribution in [1.29, 1.82) is 0 Å². The number of benzene rings is 2. The third-order valence-electron chi connectivity index (χ3n) is 8.54. The smallest absolute Gasteiger partial charge is 0.131 e. The molecule has 2 aromatic carbocycles. The van der Waals surface area contributed by atoms with Crippen LogP contribution in [0.3, 0.4) is 0 Å². The Labute approximate surface area is 232 Å². The topological polar surface area (TPSA) is 45.6 Å². The Balaban J connectivity index is 1.44. The zero-order valence-corrected chi connectivity index (χ0v) is 23.9. The summed E-state index contributed by atoms with van der Waals surface area (Å²) in [5.74, 6) is 1.87. The predicted molar refractivity (Wildman–Crippen MR) is 156 cm³/mol. The summed E-state index contributed by atoms with van der Waals surface area (Å²) < 4.78 is 6.17. The van der Waals surface area contributed by atoms with Crippen LogP contribution in [0.5, 0.6) is 5.75 Å². The van der Waals surface area contributed by atoms with Crippen molar-refractivity contribution >= 4 is 17.2 Å². The number of rotatable bonds is 5. The molecule has 2 aliphatic heterocycles. The molecule has 0 radical (unpaired) electrons. The molecule has 0 unspecified atom stereocenters. The Bertz CT molecular complexity index is 1320. The van der Waals surface area contributed by atoms with Gasteiger partial charge in [-0.1, -0.05) is 62.7 Å². The molecule has 4 nitrogen and oxygen atoms in total. The largest absolute Gasteiger partial charge is 0.487 e. The van der Waals surface area contributed by atoms with E-state index in [4.69, 9.17) is 16.3 Å². The quantitative estimate of drug-likeness (QED) is 0.372. The Kier molecular flexibility index (Phi) is 7.43. The Morgan fingerprint density at radius 2 is 1.89 bits per heavy atom. The molecule has 0 saturated carbocycles. The first-order valence-electron chi connectivity index (χ1n) is 13.7. The predicted octanol–water partition coefficient (Wildman–Crippen LogP) is 7.44. The van der Waals surface area contributed by atoms with Crippen LogP contribution in [0, 0.1) is 11.3 Å². The number of likely N-dealkylation sites (tertiary alicyclic amines) is 1. The molecule has 5 rings (SSSR count). The molecule has 3 heterocycles. The molecule has 1 fully saturated rings. The molecule has 38 heavy (non-hydrogen) atoms. The SMILES string of the molecule is C[C@@H]1[C@@H](c2ccc(Cl)cc2)CN(CC/C=C2\c3cc(C(C)(C)O)ccc3OCc3ncccc32)CC1(C)C. The molecule has 200 valence electrons. The number of fused-ring (bicyclic) bond motifs is 2. The van der Waals surface area contributed by atoms with Gasteiger partial charge in [0, 0.05) is 42.0 Å². The van der Waals surface area contributed by atoms with Crippen molar-refractivity contribution in [3.05, 3.63) is 99.8 Å². The van der Waals surface area contributed by atoms with E-state index in [9.17, 15) is 5.11 Å². The lowest BCUT2D eigenvalue weighted by atomic mass is 9.67. The molecule has 2 atom stereocenters. The minimum atomic E-state index is -0.934. The van der Waals surface area contributed by atoms with Crippen LogP contribution in [-0.4, -0.2) is 34.6 Å². The van der Waals surface area contributed by atoms with Gasteiger partial charge in [-0.25, -0.2) is 0 Å². The summed E-state index contributed by atoms with van der Waals surface area (Å²) in [5, 5.41) is 11.5. The van der Waals surface area contributed by atoms with Crippen molar-refractivity contribution in [1.82, 2.24) is 9.88 Å². The van der Waals surface area contributed by atoms with E-state index < -0.39 is 5.60 Å². The molecular formula is C33H39ClN2O2. The van der Waals surface area contributed by atoms with Gasteiger partial charge in [-0.3, -0.25) is 4.98 Å². The molecule has 0 aliphatic carbocycles. The molecule has 0 amide bonds. The van der Waals surface area contributed by atoms with Crippen molar-refractivity contribution in [2.75, 3.05) is 19.6 Å². The average Bonchev–Trinajstić information content (AvgIpc) is 3.03. The van der Waals surface area contributed by atoms with Gasteiger partial charge in [-0.15, -0.1) is 0 Å². The Morgan fingerprint density at radius 3 is 2.63 bits per heavy atom. The fraction of sp³-hybridized carbons (Fsp3) is 0.424. The second kappa shape index (κ2) is 10.5. The number of ether oxygens (including phenoxy) is 1. The van der Waals surface area contributed by atoms with E-state index in [2.05, 4.69) is 61.0 Å². The average molecular weight is 531 g/mol. The summed E-state index contributed by atoms with van der Waals surface area (Å²) >= 11 is 6.19. The van der Waals surface area contributed by atoms with E-state index >= 15 is 0 Å². The number of halogens is 1. The molecule has 1 saturated heterocycles. The van der Waals surface area contributed by atoms with Crippen molar-refractivity contribution < 1.29 is 9.84 Å². The van der Waals surface area contributed by atoms with Crippen molar-refractivity contribution in [3.63, 3.8) is 0 Å². The summed E-state index contributed by atoms with van der Waals surface area (Å²) in [6, 6.07) is 18.5. The van der Waals surface area contributed by atoms with Crippen LogP contribution in [0.1, 0.15) is 74.9 Å². The third kappa shape index (κ3) is 5.54. The molecule has 0 spiro atoms.